The SMILES string of the molecule is CCn1c(C=Cc2ccc([N+](=O)[O-])o2)nc2ccc(I)cc2c1=O. The molecule has 2 aromatic heterocycles. The number of halogens is 1. The normalized spacial score (nSPS) is 11.4. The summed E-state index contributed by atoms with van der Waals surface area (Å²) in [5.41, 5.74) is 0.487. The van der Waals surface area contributed by atoms with E-state index < -0.39 is 4.92 Å². The standard InChI is InChI=1S/C16H12IN3O4/c1-2-19-14(7-4-11-5-8-15(24-11)20(22)23)18-13-6-3-10(17)9-12(13)16(19)21/h3-9H,2H2,1H3. The van der Waals surface area contributed by atoms with Crippen LogP contribution in [0.25, 0.3) is 23.1 Å². The average molecular weight is 437 g/mol. The lowest BCUT2D eigenvalue weighted by Gasteiger charge is -2.08. The third-order valence-electron chi connectivity index (χ3n) is 3.45. The number of hydrogen-bond donors (Lipinski definition) is 0. The van der Waals surface area contributed by atoms with E-state index in [2.05, 4.69) is 27.6 Å². The van der Waals surface area contributed by atoms with Crippen LogP contribution in [0.5, 0.6) is 0 Å². The zero-order valence-corrected chi connectivity index (χ0v) is 14.8. The predicted octanol–water partition coefficient (Wildman–Crippen LogP) is 3.69. The summed E-state index contributed by atoms with van der Waals surface area (Å²) in [4.78, 5) is 27.1. The number of nitrogens with zero attached hydrogens (tertiary/aromatic N) is 3. The molecule has 0 aliphatic heterocycles. The zero-order valence-electron chi connectivity index (χ0n) is 12.6. The molecule has 3 aromatic rings. The summed E-state index contributed by atoms with van der Waals surface area (Å²) >= 11 is 2.15. The van der Waals surface area contributed by atoms with Gasteiger partial charge in [0.15, 0.2) is 0 Å². The van der Waals surface area contributed by atoms with Crippen LogP contribution < -0.4 is 5.56 Å². The first kappa shape index (κ1) is 16.4. The Morgan fingerprint density at radius 3 is 2.79 bits per heavy atom. The van der Waals surface area contributed by atoms with E-state index in [-0.39, 0.29) is 11.4 Å². The number of aromatic nitrogens is 2. The fraction of sp³-hybridized carbons (Fsp3) is 0.125. The molecule has 0 atom stereocenters. The van der Waals surface area contributed by atoms with Crippen molar-refractivity contribution in [2.45, 2.75) is 13.5 Å². The summed E-state index contributed by atoms with van der Waals surface area (Å²) < 4.78 is 7.59. The van der Waals surface area contributed by atoms with Gasteiger partial charge in [0, 0.05) is 10.1 Å². The average Bonchev–Trinajstić information content (AvgIpc) is 3.03. The molecule has 0 radical (unpaired) electrons. The second kappa shape index (κ2) is 6.56. The van der Waals surface area contributed by atoms with E-state index in [1.807, 2.05) is 13.0 Å². The van der Waals surface area contributed by atoms with Gasteiger partial charge in [-0.1, -0.05) is 0 Å². The van der Waals surface area contributed by atoms with Gasteiger partial charge in [0.2, 0.25) is 0 Å². The van der Waals surface area contributed by atoms with Gasteiger partial charge in [0.1, 0.15) is 16.5 Å². The van der Waals surface area contributed by atoms with E-state index in [1.165, 1.54) is 12.1 Å². The Labute approximate surface area is 149 Å². The van der Waals surface area contributed by atoms with Crippen molar-refractivity contribution in [1.29, 1.82) is 0 Å². The molecule has 0 unspecified atom stereocenters. The van der Waals surface area contributed by atoms with E-state index in [1.54, 1.807) is 28.9 Å². The Morgan fingerprint density at radius 2 is 2.12 bits per heavy atom. The number of benzene rings is 1. The first-order valence-electron chi connectivity index (χ1n) is 7.12. The summed E-state index contributed by atoms with van der Waals surface area (Å²) in [6.07, 6.45) is 3.17. The molecule has 1 aromatic carbocycles. The number of nitro groups is 1. The molecule has 2 heterocycles. The molecule has 3 rings (SSSR count). The number of furan rings is 1. The van der Waals surface area contributed by atoms with E-state index in [4.69, 9.17) is 4.42 Å². The van der Waals surface area contributed by atoms with Gasteiger partial charge in [-0.25, -0.2) is 4.98 Å². The highest BCUT2D eigenvalue weighted by molar-refractivity contribution is 14.1. The summed E-state index contributed by atoms with van der Waals surface area (Å²) in [6, 6.07) is 8.26. The van der Waals surface area contributed by atoms with Crippen molar-refractivity contribution in [3.63, 3.8) is 0 Å². The highest BCUT2D eigenvalue weighted by Crippen LogP contribution is 2.18. The maximum atomic E-state index is 12.6. The monoisotopic (exact) mass is 437 g/mol. The third-order valence-corrected chi connectivity index (χ3v) is 4.12. The van der Waals surface area contributed by atoms with Crippen molar-refractivity contribution in [2.75, 3.05) is 0 Å². The van der Waals surface area contributed by atoms with Crippen molar-refractivity contribution in [2.24, 2.45) is 0 Å². The van der Waals surface area contributed by atoms with Crippen LogP contribution in [-0.2, 0) is 6.54 Å². The second-order valence-corrected chi connectivity index (χ2v) is 6.19. The Hall–Kier alpha value is -2.49. The molecule has 0 bridgehead atoms. The summed E-state index contributed by atoms with van der Waals surface area (Å²) in [5, 5.41) is 11.2. The molecule has 24 heavy (non-hydrogen) atoms. The Balaban J connectivity index is 2.08. The second-order valence-electron chi connectivity index (χ2n) is 4.95. The Bertz CT molecular complexity index is 1020. The van der Waals surface area contributed by atoms with E-state index >= 15 is 0 Å². The van der Waals surface area contributed by atoms with Crippen LogP contribution in [0.2, 0.25) is 0 Å². The molecule has 7 nitrogen and oxygen atoms in total. The lowest BCUT2D eigenvalue weighted by Crippen LogP contribution is -2.23. The van der Waals surface area contributed by atoms with Gasteiger partial charge >= 0.3 is 5.88 Å². The molecule has 0 aliphatic rings. The number of fused-ring (bicyclic) bond motifs is 1. The summed E-state index contributed by atoms with van der Waals surface area (Å²) in [7, 11) is 0. The Kier molecular flexibility index (Phi) is 4.47. The third kappa shape index (κ3) is 3.09. The van der Waals surface area contributed by atoms with Gasteiger partial charge in [0.05, 0.1) is 17.0 Å². The van der Waals surface area contributed by atoms with Gasteiger partial charge in [-0.15, -0.1) is 0 Å². The molecule has 0 fully saturated rings. The quantitative estimate of drug-likeness (QED) is 0.353. The summed E-state index contributed by atoms with van der Waals surface area (Å²) in [6.45, 7) is 2.32. The molecule has 0 saturated heterocycles. The van der Waals surface area contributed by atoms with E-state index in [0.29, 0.717) is 29.0 Å². The van der Waals surface area contributed by atoms with Crippen LogP contribution in [0.15, 0.2) is 39.5 Å². The largest absolute Gasteiger partial charge is 0.433 e. The van der Waals surface area contributed by atoms with E-state index in [0.717, 1.165) is 3.57 Å². The van der Waals surface area contributed by atoms with Crippen molar-refractivity contribution in [1.82, 2.24) is 9.55 Å². The lowest BCUT2D eigenvalue weighted by atomic mass is 10.2. The molecule has 0 N–H and O–H groups in total. The Morgan fingerprint density at radius 1 is 1.33 bits per heavy atom. The highest BCUT2D eigenvalue weighted by Gasteiger charge is 2.11. The van der Waals surface area contributed by atoms with Gasteiger partial charge in [-0.2, -0.15) is 0 Å². The van der Waals surface area contributed by atoms with Gasteiger partial charge in [-0.05, 0) is 65.9 Å². The van der Waals surface area contributed by atoms with Crippen LogP contribution >= 0.6 is 22.6 Å². The highest BCUT2D eigenvalue weighted by atomic mass is 127. The van der Waals surface area contributed by atoms with E-state index in [9.17, 15) is 14.9 Å². The van der Waals surface area contributed by atoms with Crippen molar-refractivity contribution >= 4 is 51.5 Å². The number of hydrogen-bond acceptors (Lipinski definition) is 5. The van der Waals surface area contributed by atoms with Crippen molar-refractivity contribution in [3.05, 3.63) is 66.0 Å². The fourth-order valence-corrected chi connectivity index (χ4v) is 2.82. The first-order chi connectivity index (χ1) is 11.5. The molecule has 0 spiro atoms. The van der Waals surface area contributed by atoms with Gasteiger partial charge in [-0.3, -0.25) is 19.5 Å². The maximum absolute atomic E-state index is 12.6. The van der Waals surface area contributed by atoms with Crippen LogP contribution in [-0.4, -0.2) is 14.5 Å². The molecule has 0 saturated carbocycles. The smallest absolute Gasteiger partial charge is 0.401 e. The fourth-order valence-electron chi connectivity index (χ4n) is 2.33. The first-order valence-corrected chi connectivity index (χ1v) is 8.20. The molecular weight excluding hydrogens is 425 g/mol. The van der Waals surface area contributed by atoms with Gasteiger partial charge < -0.3 is 4.42 Å². The molecule has 122 valence electrons. The minimum Gasteiger partial charge on any atom is -0.401 e. The number of rotatable bonds is 4. The van der Waals surface area contributed by atoms with Crippen LogP contribution in [0, 0.1) is 13.7 Å². The van der Waals surface area contributed by atoms with Crippen molar-refractivity contribution in [3.8, 4) is 0 Å². The van der Waals surface area contributed by atoms with Crippen LogP contribution in [0.1, 0.15) is 18.5 Å². The maximum Gasteiger partial charge on any atom is 0.433 e. The minimum absolute atomic E-state index is 0.119. The summed E-state index contributed by atoms with van der Waals surface area (Å²) in [5.74, 6) is 0.458. The van der Waals surface area contributed by atoms with Gasteiger partial charge in [0.25, 0.3) is 5.56 Å². The van der Waals surface area contributed by atoms with Crippen molar-refractivity contribution < 1.29 is 9.34 Å². The zero-order chi connectivity index (χ0) is 17.3. The molecule has 0 amide bonds. The molecule has 8 heteroatoms. The lowest BCUT2D eigenvalue weighted by molar-refractivity contribution is -0.402. The minimum atomic E-state index is -0.602. The molecular formula is C16H12IN3O4. The predicted molar refractivity (Wildman–Crippen MR) is 98.7 cm³/mol. The topological polar surface area (TPSA) is 91.2 Å². The van der Waals surface area contributed by atoms with Crippen LogP contribution in [0.3, 0.4) is 0 Å². The molecule has 0 aliphatic carbocycles. The van der Waals surface area contributed by atoms with Crippen LogP contribution in [0.4, 0.5) is 5.88 Å².